The fourth-order valence-corrected chi connectivity index (χ4v) is 2.92. The molecule has 0 saturated carbocycles. The number of ether oxygens (including phenoxy) is 1. The first-order valence-corrected chi connectivity index (χ1v) is 8.32. The number of carboxylic acids is 1. The number of hydrogen-bond donors (Lipinski definition) is 3. The van der Waals surface area contributed by atoms with Crippen LogP contribution in [0.3, 0.4) is 0 Å². The molecule has 0 aliphatic carbocycles. The van der Waals surface area contributed by atoms with Crippen molar-refractivity contribution in [3.63, 3.8) is 0 Å². The lowest BCUT2D eigenvalue weighted by Gasteiger charge is -2.12. The van der Waals surface area contributed by atoms with Crippen LogP contribution in [0.25, 0.3) is 5.57 Å². The predicted octanol–water partition coefficient (Wildman–Crippen LogP) is 3.36. The van der Waals surface area contributed by atoms with E-state index in [1.807, 2.05) is 6.92 Å². The Bertz CT molecular complexity index is 961. The van der Waals surface area contributed by atoms with Gasteiger partial charge in [0.2, 0.25) is 0 Å². The molecule has 138 valence electrons. The molecule has 0 aromatic heterocycles. The Morgan fingerprint density at radius 2 is 1.78 bits per heavy atom. The Labute approximate surface area is 155 Å². The molecule has 2 aromatic carbocycles. The number of esters is 1. The molecule has 1 heterocycles. The summed E-state index contributed by atoms with van der Waals surface area (Å²) in [5.41, 5.74) is 3.65. The number of methoxy groups -OCH3 is 1. The number of aromatic carboxylic acids is 1. The molecule has 3 N–H and O–H groups in total. The van der Waals surface area contributed by atoms with E-state index in [2.05, 4.69) is 10.6 Å². The van der Waals surface area contributed by atoms with E-state index < -0.39 is 11.9 Å². The van der Waals surface area contributed by atoms with E-state index in [9.17, 15) is 14.4 Å². The predicted molar refractivity (Wildman–Crippen MR) is 101 cm³/mol. The number of carbonyl (C=O) groups is 3. The number of nitrogens with one attached hydrogen (secondary N) is 2. The lowest BCUT2D eigenvalue weighted by molar-refractivity contribution is -0.110. The van der Waals surface area contributed by atoms with E-state index in [0.717, 1.165) is 0 Å². The van der Waals surface area contributed by atoms with Gasteiger partial charge in [0.1, 0.15) is 0 Å². The highest BCUT2D eigenvalue weighted by Gasteiger charge is 2.28. The largest absolute Gasteiger partial charge is 0.478 e. The first-order valence-electron chi connectivity index (χ1n) is 8.32. The highest BCUT2D eigenvalue weighted by molar-refractivity contribution is 6.32. The maximum absolute atomic E-state index is 12.5. The van der Waals surface area contributed by atoms with Gasteiger partial charge in [0, 0.05) is 16.9 Å². The summed E-state index contributed by atoms with van der Waals surface area (Å²) in [6.07, 6.45) is 0.557. The summed E-state index contributed by atoms with van der Waals surface area (Å²) >= 11 is 0. The van der Waals surface area contributed by atoms with Crippen LogP contribution in [-0.4, -0.2) is 30.1 Å². The molecule has 1 aliphatic heterocycles. The van der Waals surface area contributed by atoms with Crippen LogP contribution in [0.15, 0.2) is 48.2 Å². The fraction of sp³-hybridized carbons (Fsp3) is 0.150. The van der Waals surface area contributed by atoms with Crippen LogP contribution in [0.5, 0.6) is 0 Å². The number of allylic oxidation sites excluding steroid dienone is 1. The maximum atomic E-state index is 12.5. The van der Waals surface area contributed by atoms with Gasteiger partial charge >= 0.3 is 11.9 Å². The zero-order chi connectivity index (χ0) is 19.6. The second kappa shape index (κ2) is 7.33. The van der Waals surface area contributed by atoms with Gasteiger partial charge in [0.05, 0.1) is 29.5 Å². The molecular formula is C20H18N2O5. The van der Waals surface area contributed by atoms with E-state index in [1.165, 1.54) is 19.2 Å². The summed E-state index contributed by atoms with van der Waals surface area (Å²) < 4.78 is 4.71. The molecule has 7 heteroatoms. The van der Waals surface area contributed by atoms with Crippen molar-refractivity contribution in [1.29, 1.82) is 0 Å². The maximum Gasteiger partial charge on any atom is 0.337 e. The number of hydrogen-bond acceptors (Lipinski definition) is 5. The lowest BCUT2D eigenvalue weighted by Crippen LogP contribution is -2.10. The fourth-order valence-electron chi connectivity index (χ4n) is 2.92. The van der Waals surface area contributed by atoms with Crippen molar-refractivity contribution >= 4 is 34.8 Å². The van der Waals surface area contributed by atoms with Gasteiger partial charge in [0.15, 0.2) is 0 Å². The zero-order valence-corrected chi connectivity index (χ0v) is 14.8. The van der Waals surface area contributed by atoms with Crippen molar-refractivity contribution in [1.82, 2.24) is 0 Å². The molecule has 7 nitrogen and oxygen atoms in total. The van der Waals surface area contributed by atoms with Crippen LogP contribution < -0.4 is 10.6 Å². The highest BCUT2D eigenvalue weighted by atomic mass is 16.5. The van der Waals surface area contributed by atoms with Crippen molar-refractivity contribution < 1.29 is 24.2 Å². The van der Waals surface area contributed by atoms with Crippen LogP contribution in [0.4, 0.5) is 11.4 Å². The minimum absolute atomic E-state index is 0.186. The van der Waals surface area contributed by atoms with E-state index >= 15 is 0 Å². The first kappa shape index (κ1) is 18.2. The van der Waals surface area contributed by atoms with E-state index in [4.69, 9.17) is 9.84 Å². The SMILES string of the molecule is CC/C(Nc1ccc(C(=O)O)cc1)=C1/C(=O)Nc2cc(C(=O)OC)ccc21. The molecule has 2 aromatic rings. The van der Waals surface area contributed by atoms with Gasteiger partial charge in [-0.05, 0) is 42.8 Å². The summed E-state index contributed by atoms with van der Waals surface area (Å²) in [5, 5.41) is 14.9. The summed E-state index contributed by atoms with van der Waals surface area (Å²) in [6.45, 7) is 1.91. The van der Waals surface area contributed by atoms with Crippen LogP contribution in [-0.2, 0) is 9.53 Å². The Morgan fingerprint density at radius 1 is 1.11 bits per heavy atom. The Morgan fingerprint density at radius 3 is 2.37 bits per heavy atom. The average molecular weight is 366 g/mol. The number of carboxylic acid groups (broad SMARTS) is 1. The molecule has 0 unspecified atom stereocenters. The molecule has 0 saturated heterocycles. The second-order valence-electron chi connectivity index (χ2n) is 5.92. The van der Waals surface area contributed by atoms with Gasteiger partial charge in [-0.25, -0.2) is 9.59 Å². The molecule has 0 atom stereocenters. The van der Waals surface area contributed by atoms with E-state index in [-0.39, 0.29) is 11.5 Å². The third-order valence-corrected chi connectivity index (χ3v) is 4.27. The average Bonchev–Trinajstić information content (AvgIpc) is 3.00. The number of fused-ring (bicyclic) bond motifs is 1. The van der Waals surface area contributed by atoms with Crippen LogP contribution >= 0.6 is 0 Å². The lowest BCUT2D eigenvalue weighted by atomic mass is 10.0. The topological polar surface area (TPSA) is 105 Å². The molecule has 27 heavy (non-hydrogen) atoms. The monoisotopic (exact) mass is 366 g/mol. The van der Waals surface area contributed by atoms with E-state index in [0.29, 0.717) is 40.2 Å². The molecule has 0 fully saturated rings. The number of rotatable bonds is 5. The van der Waals surface area contributed by atoms with E-state index in [1.54, 1.807) is 30.3 Å². The Kier molecular flexibility index (Phi) is 4.94. The standard InChI is InChI=1S/C20H18N2O5/c1-3-15(21-13-7-4-11(5-8-13)19(24)25)17-14-9-6-12(20(26)27-2)10-16(14)22-18(17)23/h4-10,21H,3H2,1-2H3,(H,22,23)(H,24,25)/b17-15-. The molecule has 0 spiro atoms. The minimum Gasteiger partial charge on any atom is -0.478 e. The molecular weight excluding hydrogens is 348 g/mol. The summed E-state index contributed by atoms with van der Waals surface area (Å²) in [7, 11) is 1.30. The molecule has 0 bridgehead atoms. The van der Waals surface area contributed by atoms with Gasteiger partial charge in [-0.2, -0.15) is 0 Å². The number of amides is 1. The second-order valence-corrected chi connectivity index (χ2v) is 5.92. The van der Waals surface area contributed by atoms with Crippen molar-refractivity contribution in [3.8, 4) is 0 Å². The number of carbonyl (C=O) groups excluding carboxylic acids is 2. The highest BCUT2D eigenvalue weighted by Crippen LogP contribution is 2.35. The van der Waals surface area contributed by atoms with Crippen LogP contribution in [0.2, 0.25) is 0 Å². The van der Waals surface area contributed by atoms with Crippen molar-refractivity contribution in [3.05, 3.63) is 64.9 Å². The van der Waals surface area contributed by atoms with Gasteiger partial charge in [-0.1, -0.05) is 13.0 Å². The Hall–Kier alpha value is -3.61. The van der Waals surface area contributed by atoms with Crippen molar-refractivity contribution in [2.24, 2.45) is 0 Å². The normalized spacial score (nSPS) is 14.2. The molecule has 0 radical (unpaired) electrons. The third kappa shape index (κ3) is 3.52. The smallest absolute Gasteiger partial charge is 0.337 e. The zero-order valence-electron chi connectivity index (χ0n) is 14.8. The van der Waals surface area contributed by atoms with Crippen molar-refractivity contribution in [2.75, 3.05) is 17.7 Å². The van der Waals surface area contributed by atoms with Gasteiger partial charge in [-0.3, -0.25) is 4.79 Å². The number of benzene rings is 2. The first-order chi connectivity index (χ1) is 12.9. The summed E-state index contributed by atoms with van der Waals surface area (Å²) in [5.74, 6) is -1.74. The van der Waals surface area contributed by atoms with Crippen LogP contribution in [0, 0.1) is 0 Å². The van der Waals surface area contributed by atoms with Gasteiger partial charge in [-0.15, -0.1) is 0 Å². The summed E-state index contributed by atoms with van der Waals surface area (Å²) in [4.78, 5) is 35.2. The Balaban J connectivity index is 1.97. The van der Waals surface area contributed by atoms with Gasteiger partial charge < -0.3 is 20.5 Å². The van der Waals surface area contributed by atoms with Gasteiger partial charge in [0.25, 0.3) is 5.91 Å². The quantitative estimate of drug-likeness (QED) is 0.554. The molecule has 1 amide bonds. The minimum atomic E-state index is -0.999. The summed E-state index contributed by atoms with van der Waals surface area (Å²) in [6, 6.07) is 11.2. The number of anilines is 2. The molecule has 3 rings (SSSR count). The molecule has 1 aliphatic rings. The van der Waals surface area contributed by atoms with Crippen LogP contribution in [0.1, 0.15) is 39.6 Å². The third-order valence-electron chi connectivity index (χ3n) is 4.27. The van der Waals surface area contributed by atoms with Crippen molar-refractivity contribution in [2.45, 2.75) is 13.3 Å².